The van der Waals surface area contributed by atoms with Crippen LogP contribution < -0.4 is 15.4 Å². The van der Waals surface area contributed by atoms with Crippen LogP contribution in [-0.2, 0) is 13.1 Å². The fourth-order valence-electron chi connectivity index (χ4n) is 2.01. The maximum atomic E-state index is 5.97. The van der Waals surface area contributed by atoms with Crippen LogP contribution in [0.2, 0.25) is 5.02 Å². The van der Waals surface area contributed by atoms with Gasteiger partial charge in [-0.15, -0.1) is 35.3 Å². The van der Waals surface area contributed by atoms with Gasteiger partial charge in [0, 0.05) is 33.9 Å². The van der Waals surface area contributed by atoms with E-state index in [0.717, 1.165) is 23.8 Å². The van der Waals surface area contributed by atoms with E-state index in [1.165, 1.54) is 9.75 Å². The van der Waals surface area contributed by atoms with Crippen molar-refractivity contribution in [2.75, 3.05) is 14.2 Å². The number of hydrogen-bond donors (Lipinski definition) is 2. The predicted molar refractivity (Wildman–Crippen MR) is 110 cm³/mol. The Morgan fingerprint density at radius 1 is 1.22 bits per heavy atom. The van der Waals surface area contributed by atoms with Crippen molar-refractivity contribution in [2.24, 2.45) is 4.99 Å². The third-order valence-corrected chi connectivity index (χ3v) is 4.38. The molecule has 2 aromatic rings. The molecular formula is C16H21ClIN3OS. The van der Waals surface area contributed by atoms with Gasteiger partial charge in [0.15, 0.2) is 5.96 Å². The molecule has 1 heterocycles. The summed E-state index contributed by atoms with van der Waals surface area (Å²) in [5.41, 5.74) is 1.03. The quantitative estimate of drug-likeness (QED) is 0.395. The highest BCUT2D eigenvalue weighted by molar-refractivity contribution is 14.0. The Morgan fingerprint density at radius 3 is 2.57 bits per heavy atom. The maximum Gasteiger partial charge on any atom is 0.191 e. The molecule has 4 nitrogen and oxygen atoms in total. The normalized spacial score (nSPS) is 10.9. The van der Waals surface area contributed by atoms with Gasteiger partial charge >= 0.3 is 0 Å². The minimum Gasteiger partial charge on any atom is -0.496 e. The first-order valence-electron chi connectivity index (χ1n) is 6.94. The molecular weight excluding hydrogens is 445 g/mol. The predicted octanol–water partition coefficient (Wildman–Crippen LogP) is 4.20. The van der Waals surface area contributed by atoms with Crippen LogP contribution in [0.15, 0.2) is 35.3 Å². The lowest BCUT2D eigenvalue weighted by Crippen LogP contribution is -2.36. The molecule has 0 aliphatic heterocycles. The number of benzene rings is 1. The molecule has 0 saturated heterocycles. The monoisotopic (exact) mass is 465 g/mol. The molecule has 126 valence electrons. The summed E-state index contributed by atoms with van der Waals surface area (Å²) in [6.45, 7) is 3.48. The van der Waals surface area contributed by atoms with Crippen molar-refractivity contribution in [3.63, 3.8) is 0 Å². The van der Waals surface area contributed by atoms with Crippen molar-refractivity contribution < 1.29 is 4.74 Å². The molecule has 0 radical (unpaired) electrons. The minimum absolute atomic E-state index is 0. The van der Waals surface area contributed by atoms with E-state index >= 15 is 0 Å². The van der Waals surface area contributed by atoms with Crippen LogP contribution >= 0.6 is 46.9 Å². The van der Waals surface area contributed by atoms with Crippen molar-refractivity contribution in [1.82, 2.24) is 10.6 Å². The van der Waals surface area contributed by atoms with E-state index in [-0.39, 0.29) is 24.0 Å². The number of guanidine groups is 1. The van der Waals surface area contributed by atoms with E-state index in [1.54, 1.807) is 25.5 Å². The molecule has 7 heteroatoms. The van der Waals surface area contributed by atoms with Crippen molar-refractivity contribution >= 4 is 52.9 Å². The van der Waals surface area contributed by atoms with Crippen LogP contribution in [-0.4, -0.2) is 20.1 Å². The van der Waals surface area contributed by atoms with E-state index in [0.29, 0.717) is 11.6 Å². The van der Waals surface area contributed by atoms with Crippen LogP contribution in [0.3, 0.4) is 0 Å². The lowest BCUT2D eigenvalue weighted by Gasteiger charge is -2.13. The summed E-state index contributed by atoms with van der Waals surface area (Å²) in [6.07, 6.45) is 0. The van der Waals surface area contributed by atoms with Crippen molar-refractivity contribution in [2.45, 2.75) is 20.0 Å². The Hall–Kier alpha value is -0.990. The summed E-state index contributed by atoms with van der Waals surface area (Å²) in [7, 11) is 3.40. The molecule has 0 aliphatic rings. The first-order valence-corrected chi connectivity index (χ1v) is 8.14. The first-order chi connectivity index (χ1) is 10.6. The molecule has 0 fully saturated rings. The molecule has 0 bridgehead atoms. The van der Waals surface area contributed by atoms with E-state index in [2.05, 4.69) is 34.7 Å². The molecule has 0 spiro atoms. The number of thiophene rings is 1. The minimum atomic E-state index is 0. The van der Waals surface area contributed by atoms with Gasteiger partial charge in [0.25, 0.3) is 0 Å². The molecule has 2 rings (SSSR count). The molecule has 0 atom stereocenters. The van der Waals surface area contributed by atoms with Crippen LogP contribution in [0.1, 0.15) is 15.3 Å². The highest BCUT2D eigenvalue weighted by atomic mass is 127. The fraction of sp³-hybridized carbons (Fsp3) is 0.312. The lowest BCUT2D eigenvalue weighted by molar-refractivity contribution is 0.409. The maximum absolute atomic E-state index is 5.97. The van der Waals surface area contributed by atoms with Gasteiger partial charge in [-0.25, -0.2) is 0 Å². The number of hydrogen-bond acceptors (Lipinski definition) is 3. The van der Waals surface area contributed by atoms with Crippen LogP contribution in [0, 0.1) is 6.92 Å². The van der Waals surface area contributed by atoms with Crippen molar-refractivity contribution in [3.8, 4) is 5.75 Å². The van der Waals surface area contributed by atoms with Crippen LogP contribution in [0.5, 0.6) is 5.75 Å². The second-order valence-electron chi connectivity index (χ2n) is 4.75. The number of nitrogens with zero attached hydrogens (tertiary/aromatic N) is 1. The van der Waals surface area contributed by atoms with Gasteiger partial charge < -0.3 is 15.4 Å². The summed E-state index contributed by atoms with van der Waals surface area (Å²) in [6, 6.07) is 9.86. The van der Waals surface area contributed by atoms with Crippen molar-refractivity contribution in [1.29, 1.82) is 0 Å². The van der Waals surface area contributed by atoms with Gasteiger partial charge in [-0.2, -0.15) is 0 Å². The average Bonchev–Trinajstić information content (AvgIpc) is 2.94. The van der Waals surface area contributed by atoms with Gasteiger partial charge in [-0.1, -0.05) is 17.7 Å². The number of rotatable bonds is 5. The molecule has 1 aromatic carbocycles. The summed E-state index contributed by atoms with van der Waals surface area (Å²) < 4.78 is 5.34. The van der Waals surface area contributed by atoms with Gasteiger partial charge in [-0.05, 0) is 31.2 Å². The standard InChI is InChI=1S/C16H20ClN3OS.HI/c1-11-4-7-14(22-11)10-20-16(18-2)19-9-12-5-6-13(17)8-15(12)21-3;/h4-8H,9-10H2,1-3H3,(H2,18,19,20);1H. The van der Waals surface area contributed by atoms with Crippen LogP contribution in [0.25, 0.3) is 0 Å². The molecule has 2 N–H and O–H groups in total. The molecule has 0 unspecified atom stereocenters. The molecule has 0 aliphatic carbocycles. The lowest BCUT2D eigenvalue weighted by atomic mass is 10.2. The van der Waals surface area contributed by atoms with E-state index in [9.17, 15) is 0 Å². The fourth-order valence-corrected chi connectivity index (χ4v) is 3.01. The Kier molecular flexibility index (Phi) is 8.72. The number of ether oxygens (including phenoxy) is 1. The largest absolute Gasteiger partial charge is 0.496 e. The van der Waals surface area contributed by atoms with Gasteiger partial charge in [0.05, 0.1) is 13.7 Å². The first kappa shape index (κ1) is 20.1. The molecule has 1 aromatic heterocycles. The smallest absolute Gasteiger partial charge is 0.191 e. The van der Waals surface area contributed by atoms with E-state index in [1.807, 2.05) is 18.2 Å². The third kappa shape index (κ3) is 6.19. The molecule has 23 heavy (non-hydrogen) atoms. The molecule has 0 saturated carbocycles. The van der Waals surface area contributed by atoms with Crippen LogP contribution in [0.4, 0.5) is 0 Å². The highest BCUT2D eigenvalue weighted by Crippen LogP contribution is 2.22. The Morgan fingerprint density at radius 2 is 1.96 bits per heavy atom. The Balaban J connectivity index is 0.00000264. The number of aryl methyl sites for hydroxylation is 1. The Labute approximate surface area is 163 Å². The van der Waals surface area contributed by atoms with Crippen molar-refractivity contribution in [3.05, 3.63) is 50.7 Å². The second kappa shape index (κ2) is 10.00. The zero-order valence-electron chi connectivity index (χ0n) is 13.4. The number of methoxy groups -OCH3 is 1. The highest BCUT2D eigenvalue weighted by Gasteiger charge is 2.05. The summed E-state index contributed by atoms with van der Waals surface area (Å²) >= 11 is 7.75. The average molecular weight is 466 g/mol. The van der Waals surface area contributed by atoms with E-state index in [4.69, 9.17) is 16.3 Å². The number of halogens is 2. The van der Waals surface area contributed by atoms with E-state index < -0.39 is 0 Å². The zero-order chi connectivity index (χ0) is 15.9. The third-order valence-electron chi connectivity index (χ3n) is 3.15. The molecule has 0 amide bonds. The van der Waals surface area contributed by atoms with Gasteiger partial charge in [0.1, 0.15) is 5.75 Å². The number of aliphatic imine (C=N–C) groups is 1. The van der Waals surface area contributed by atoms with Gasteiger partial charge in [-0.3, -0.25) is 4.99 Å². The number of nitrogens with one attached hydrogen (secondary N) is 2. The summed E-state index contributed by atoms with van der Waals surface area (Å²) in [5, 5.41) is 7.24. The summed E-state index contributed by atoms with van der Waals surface area (Å²) in [4.78, 5) is 6.82. The SMILES string of the molecule is CN=C(NCc1ccc(C)s1)NCc1ccc(Cl)cc1OC.I. The summed E-state index contributed by atoms with van der Waals surface area (Å²) in [5.74, 6) is 1.52. The zero-order valence-corrected chi connectivity index (χ0v) is 17.3. The second-order valence-corrected chi connectivity index (χ2v) is 6.56. The van der Waals surface area contributed by atoms with Gasteiger partial charge in [0.2, 0.25) is 0 Å². The Bertz CT molecular complexity index is 661. The topological polar surface area (TPSA) is 45.7 Å².